The van der Waals surface area contributed by atoms with Gasteiger partial charge in [0.2, 0.25) is 12.5 Å². The lowest BCUT2D eigenvalue weighted by molar-refractivity contribution is 0.000898. The van der Waals surface area contributed by atoms with Crippen molar-refractivity contribution in [2.45, 2.75) is 25.5 Å². The molecule has 3 heterocycles. The van der Waals surface area contributed by atoms with E-state index in [2.05, 4.69) is 0 Å². The Morgan fingerprint density at radius 1 is 1.12 bits per heavy atom. The van der Waals surface area contributed by atoms with E-state index in [-0.39, 0.29) is 24.7 Å². The molecule has 5 rings (SSSR count). The molecule has 1 amide bonds. The summed E-state index contributed by atoms with van der Waals surface area (Å²) in [6.45, 7) is 2.37. The van der Waals surface area contributed by atoms with Gasteiger partial charge in [0.15, 0.2) is 29.1 Å². The van der Waals surface area contributed by atoms with Crippen molar-refractivity contribution in [1.29, 1.82) is 0 Å². The lowest BCUT2D eigenvalue weighted by atomic mass is 9.85. The summed E-state index contributed by atoms with van der Waals surface area (Å²) in [5.74, 6) is 1.60. The molecule has 3 aliphatic heterocycles. The van der Waals surface area contributed by atoms with Gasteiger partial charge in [-0.05, 0) is 31.0 Å². The maximum Gasteiger partial charge on any atom is 0.410 e. The molecule has 2 aromatic rings. The molecule has 0 spiro atoms. The van der Waals surface area contributed by atoms with E-state index in [9.17, 15) is 9.59 Å². The van der Waals surface area contributed by atoms with E-state index >= 15 is 0 Å². The zero-order valence-electron chi connectivity index (χ0n) is 19.3. The molecule has 0 bridgehead atoms. The lowest BCUT2D eigenvalue weighted by Gasteiger charge is -2.39. The second kappa shape index (κ2) is 8.51. The molecule has 0 N–H and O–H groups in total. The molecule has 3 aliphatic rings. The van der Waals surface area contributed by atoms with Crippen LogP contribution < -0.4 is 23.7 Å². The van der Waals surface area contributed by atoms with Crippen molar-refractivity contribution in [3.63, 3.8) is 0 Å². The first-order valence-electron chi connectivity index (χ1n) is 10.9. The van der Waals surface area contributed by atoms with Crippen molar-refractivity contribution in [1.82, 2.24) is 4.90 Å². The predicted octanol–water partition coefficient (Wildman–Crippen LogP) is 3.41. The second-order valence-corrected chi connectivity index (χ2v) is 7.89. The summed E-state index contributed by atoms with van der Waals surface area (Å²) in [6, 6.07) is 4.63. The number of benzene rings is 2. The fourth-order valence-corrected chi connectivity index (χ4v) is 4.94. The number of ether oxygens (including phenoxy) is 7. The number of fused-ring (bicyclic) bond motifs is 3. The largest absolute Gasteiger partial charge is 0.493 e. The molecule has 2 aromatic carbocycles. The topological polar surface area (TPSA) is 102 Å². The van der Waals surface area contributed by atoms with Crippen LogP contribution in [0.4, 0.5) is 4.79 Å². The molecule has 180 valence electrons. The van der Waals surface area contributed by atoms with Crippen LogP contribution >= 0.6 is 0 Å². The monoisotopic (exact) mass is 471 g/mol. The minimum absolute atomic E-state index is 0.0685. The van der Waals surface area contributed by atoms with Gasteiger partial charge in [0.25, 0.3) is 0 Å². The van der Waals surface area contributed by atoms with E-state index in [0.717, 1.165) is 5.56 Å². The number of rotatable bonds is 5. The fraction of sp³-hybridized carbons (Fsp3) is 0.417. The fourth-order valence-electron chi connectivity index (χ4n) is 4.94. The molecule has 34 heavy (non-hydrogen) atoms. The summed E-state index contributed by atoms with van der Waals surface area (Å²) >= 11 is 0. The van der Waals surface area contributed by atoms with E-state index in [1.54, 1.807) is 24.0 Å². The number of cyclic esters (lactones) is 1. The predicted molar refractivity (Wildman–Crippen MR) is 117 cm³/mol. The van der Waals surface area contributed by atoms with Crippen LogP contribution in [-0.4, -0.2) is 58.2 Å². The molecule has 0 aromatic heterocycles. The maximum atomic E-state index is 13.1. The Kier molecular flexibility index (Phi) is 5.51. The number of hydrogen-bond donors (Lipinski definition) is 0. The van der Waals surface area contributed by atoms with Crippen molar-refractivity contribution in [3.8, 4) is 28.7 Å². The van der Waals surface area contributed by atoms with Crippen LogP contribution in [0.2, 0.25) is 0 Å². The zero-order valence-corrected chi connectivity index (χ0v) is 19.3. The molecule has 0 saturated heterocycles. The number of esters is 1. The highest BCUT2D eigenvalue weighted by Gasteiger charge is 2.48. The number of nitrogens with zero attached hydrogens (tertiary/aromatic N) is 1. The lowest BCUT2D eigenvalue weighted by Crippen LogP contribution is -2.43. The van der Waals surface area contributed by atoms with Gasteiger partial charge in [-0.3, -0.25) is 4.90 Å². The van der Waals surface area contributed by atoms with Gasteiger partial charge in [0.05, 0.1) is 27.9 Å². The van der Waals surface area contributed by atoms with E-state index in [4.69, 9.17) is 33.2 Å². The van der Waals surface area contributed by atoms with Gasteiger partial charge >= 0.3 is 12.1 Å². The SMILES string of the molecule is CCOC(=O)N1CCc2cc3c(c(OC)c2[C@@H]1[C@H]1OC(=O)c2c1ccc(OC)c2OC)OCO3. The Morgan fingerprint density at radius 3 is 2.62 bits per heavy atom. The zero-order chi connectivity index (χ0) is 24.0. The van der Waals surface area contributed by atoms with Gasteiger partial charge in [-0.1, -0.05) is 6.07 Å². The first-order chi connectivity index (χ1) is 16.5. The Balaban J connectivity index is 1.71. The van der Waals surface area contributed by atoms with Gasteiger partial charge in [-0.2, -0.15) is 0 Å². The minimum atomic E-state index is -0.833. The summed E-state index contributed by atoms with van der Waals surface area (Å²) in [5, 5.41) is 0. The normalized spacial score (nSPS) is 19.8. The van der Waals surface area contributed by atoms with Crippen LogP contribution in [0.1, 0.15) is 46.1 Å². The standard InChI is InChI=1S/C24H25NO9/c1-5-31-24(27)25-9-8-12-10-15-21(33-11-32-15)22(30-4)16(12)18(25)19-13-6-7-14(28-2)20(29-3)17(13)23(26)34-19/h6-7,10,18-19H,5,8-9,11H2,1-4H3/t18-,19+/m1/s1. The first kappa shape index (κ1) is 22.0. The molecule has 10 heteroatoms. The Labute approximate surface area is 196 Å². The third-order valence-corrected chi connectivity index (χ3v) is 6.31. The molecule has 2 atom stereocenters. The van der Waals surface area contributed by atoms with Crippen LogP contribution in [0.25, 0.3) is 0 Å². The van der Waals surface area contributed by atoms with E-state index in [1.165, 1.54) is 21.3 Å². The summed E-state index contributed by atoms with van der Waals surface area (Å²) < 4.78 is 39.1. The molecular weight excluding hydrogens is 446 g/mol. The van der Waals surface area contributed by atoms with E-state index in [0.29, 0.717) is 47.1 Å². The second-order valence-electron chi connectivity index (χ2n) is 7.89. The first-order valence-corrected chi connectivity index (χ1v) is 10.9. The Morgan fingerprint density at radius 2 is 1.91 bits per heavy atom. The maximum absolute atomic E-state index is 13.1. The molecule has 0 unspecified atom stereocenters. The molecule has 0 radical (unpaired) electrons. The van der Waals surface area contributed by atoms with Crippen molar-refractivity contribution in [2.75, 3.05) is 41.3 Å². The van der Waals surface area contributed by atoms with Crippen LogP contribution in [0.5, 0.6) is 28.7 Å². The minimum Gasteiger partial charge on any atom is -0.493 e. The molecule has 10 nitrogen and oxygen atoms in total. The van der Waals surface area contributed by atoms with E-state index < -0.39 is 24.2 Å². The van der Waals surface area contributed by atoms with Gasteiger partial charge in [-0.25, -0.2) is 9.59 Å². The van der Waals surface area contributed by atoms with Crippen molar-refractivity contribution >= 4 is 12.1 Å². The van der Waals surface area contributed by atoms with Crippen molar-refractivity contribution in [2.24, 2.45) is 0 Å². The summed E-state index contributed by atoms with van der Waals surface area (Å²) in [6.07, 6.45) is -0.806. The average Bonchev–Trinajstić information content (AvgIpc) is 3.45. The number of carbonyl (C=O) groups is 2. The average molecular weight is 471 g/mol. The number of amides is 1. The highest BCUT2D eigenvalue weighted by atomic mass is 16.7. The number of methoxy groups -OCH3 is 3. The molecular formula is C24H25NO9. The number of hydrogen-bond acceptors (Lipinski definition) is 9. The van der Waals surface area contributed by atoms with Crippen LogP contribution in [0.3, 0.4) is 0 Å². The van der Waals surface area contributed by atoms with Crippen LogP contribution in [0.15, 0.2) is 18.2 Å². The smallest absolute Gasteiger partial charge is 0.410 e. The van der Waals surface area contributed by atoms with Crippen molar-refractivity contribution in [3.05, 3.63) is 40.5 Å². The van der Waals surface area contributed by atoms with Gasteiger partial charge < -0.3 is 33.2 Å². The van der Waals surface area contributed by atoms with Crippen molar-refractivity contribution < 1.29 is 42.7 Å². The van der Waals surface area contributed by atoms with Crippen LogP contribution in [-0.2, 0) is 15.9 Å². The third-order valence-electron chi connectivity index (χ3n) is 6.31. The number of carbonyl (C=O) groups excluding carboxylic acids is 2. The highest BCUT2D eigenvalue weighted by Crippen LogP contribution is 2.55. The quantitative estimate of drug-likeness (QED) is 0.607. The van der Waals surface area contributed by atoms with Crippen LogP contribution in [0, 0.1) is 0 Å². The highest BCUT2D eigenvalue weighted by molar-refractivity contribution is 5.98. The molecule has 0 fully saturated rings. The summed E-state index contributed by atoms with van der Waals surface area (Å²) in [4.78, 5) is 27.7. The molecule has 0 aliphatic carbocycles. The van der Waals surface area contributed by atoms with Gasteiger partial charge in [-0.15, -0.1) is 0 Å². The summed E-state index contributed by atoms with van der Waals surface area (Å²) in [5.41, 5.74) is 2.44. The molecule has 0 saturated carbocycles. The van der Waals surface area contributed by atoms with Gasteiger partial charge in [0, 0.05) is 17.7 Å². The van der Waals surface area contributed by atoms with E-state index in [1.807, 2.05) is 6.07 Å². The Hall–Kier alpha value is -3.82. The third kappa shape index (κ3) is 3.16. The summed E-state index contributed by atoms with van der Waals surface area (Å²) in [7, 11) is 4.49. The Bertz CT molecular complexity index is 1160. The van der Waals surface area contributed by atoms with Gasteiger partial charge in [0.1, 0.15) is 11.6 Å².